The molecule has 0 saturated heterocycles. The van der Waals surface area contributed by atoms with E-state index >= 15 is 0 Å². The van der Waals surface area contributed by atoms with Crippen LogP contribution in [0.1, 0.15) is 35.1 Å². The Labute approximate surface area is 127 Å². The van der Waals surface area contributed by atoms with Gasteiger partial charge in [-0.1, -0.05) is 17.7 Å². The number of anilines is 1. The zero-order valence-electron chi connectivity index (χ0n) is 11.3. The summed E-state index contributed by atoms with van der Waals surface area (Å²) < 4.78 is 0. The molecular weight excluding hydrogens is 294 g/mol. The Morgan fingerprint density at radius 1 is 1.55 bits per heavy atom. The van der Waals surface area contributed by atoms with Crippen LogP contribution in [0.15, 0.2) is 29.8 Å². The molecule has 0 bridgehead atoms. The molecule has 0 aromatic carbocycles. The average molecular weight is 310 g/mol. The summed E-state index contributed by atoms with van der Waals surface area (Å²) in [7, 11) is 0. The van der Waals surface area contributed by atoms with Gasteiger partial charge in [0.15, 0.2) is 0 Å². The van der Waals surface area contributed by atoms with E-state index in [-0.39, 0.29) is 11.9 Å². The topological polar surface area (TPSA) is 54.0 Å². The first kappa shape index (κ1) is 14.8. The lowest BCUT2D eigenvalue weighted by atomic mass is 10.2. The maximum absolute atomic E-state index is 12.3. The number of aromatic nitrogens is 1. The lowest BCUT2D eigenvalue weighted by molar-refractivity contribution is 0.0940. The molecule has 1 amide bonds. The summed E-state index contributed by atoms with van der Waals surface area (Å²) in [6, 6.07) is 5.58. The van der Waals surface area contributed by atoms with Gasteiger partial charge in [0.1, 0.15) is 5.82 Å². The normalized spacial score (nSPS) is 11.9. The van der Waals surface area contributed by atoms with Crippen molar-refractivity contribution in [3.8, 4) is 0 Å². The molecule has 0 fully saturated rings. The van der Waals surface area contributed by atoms with Crippen LogP contribution in [0.5, 0.6) is 0 Å². The van der Waals surface area contributed by atoms with E-state index in [0.29, 0.717) is 16.4 Å². The van der Waals surface area contributed by atoms with Gasteiger partial charge in [0, 0.05) is 17.6 Å². The summed E-state index contributed by atoms with van der Waals surface area (Å²) in [6.07, 6.45) is 1.49. The van der Waals surface area contributed by atoms with E-state index in [1.54, 1.807) is 17.4 Å². The standard InChI is InChI=1S/C14H16ClN3OS/c1-3-16-13-7-10(11(15)8-17-13)14(19)18-9(2)12-5-4-6-20-12/h4-9H,3H2,1-2H3,(H,16,17)(H,18,19). The molecule has 0 aliphatic rings. The van der Waals surface area contributed by atoms with Crippen molar-refractivity contribution in [2.45, 2.75) is 19.9 Å². The van der Waals surface area contributed by atoms with Crippen LogP contribution in [0.25, 0.3) is 0 Å². The van der Waals surface area contributed by atoms with Crippen LogP contribution in [-0.4, -0.2) is 17.4 Å². The summed E-state index contributed by atoms with van der Waals surface area (Å²) in [5.41, 5.74) is 0.432. The van der Waals surface area contributed by atoms with Crippen molar-refractivity contribution in [1.82, 2.24) is 10.3 Å². The Hall–Kier alpha value is -1.59. The van der Waals surface area contributed by atoms with Crippen LogP contribution < -0.4 is 10.6 Å². The summed E-state index contributed by atoms with van der Waals surface area (Å²) >= 11 is 7.66. The molecular formula is C14H16ClN3OS. The highest BCUT2D eigenvalue weighted by atomic mass is 35.5. The summed E-state index contributed by atoms with van der Waals surface area (Å²) in [5.74, 6) is 0.447. The molecule has 0 saturated carbocycles. The van der Waals surface area contributed by atoms with Gasteiger partial charge < -0.3 is 10.6 Å². The minimum Gasteiger partial charge on any atom is -0.370 e. The molecule has 2 N–H and O–H groups in total. The van der Waals surface area contributed by atoms with Crippen LogP contribution in [0.2, 0.25) is 5.02 Å². The first-order chi connectivity index (χ1) is 9.61. The Balaban J connectivity index is 2.14. The molecule has 2 aromatic rings. The molecule has 1 atom stereocenters. The highest BCUT2D eigenvalue weighted by Gasteiger charge is 2.15. The van der Waals surface area contributed by atoms with E-state index in [2.05, 4.69) is 15.6 Å². The number of pyridine rings is 1. The smallest absolute Gasteiger partial charge is 0.253 e. The molecule has 106 valence electrons. The fourth-order valence-electron chi connectivity index (χ4n) is 1.77. The molecule has 4 nitrogen and oxygen atoms in total. The zero-order chi connectivity index (χ0) is 14.5. The molecule has 2 aromatic heterocycles. The van der Waals surface area contributed by atoms with Crippen molar-refractivity contribution in [2.24, 2.45) is 0 Å². The van der Waals surface area contributed by atoms with Crippen molar-refractivity contribution in [1.29, 1.82) is 0 Å². The largest absolute Gasteiger partial charge is 0.370 e. The van der Waals surface area contributed by atoms with Crippen LogP contribution in [0, 0.1) is 0 Å². The highest BCUT2D eigenvalue weighted by molar-refractivity contribution is 7.10. The lowest BCUT2D eigenvalue weighted by Gasteiger charge is -2.13. The molecule has 2 rings (SSSR count). The number of carbonyl (C=O) groups is 1. The zero-order valence-corrected chi connectivity index (χ0v) is 12.9. The molecule has 20 heavy (non-hydrogen) atoms. The van der Waals surface area contributed by atoms with Gasteiger partial charge in [0.05, 0.1) is 16.6 Å². The van der Waals surface area contributed by atoms with Gasteiger partial charge in [-0.2, -0.15) is 0 Å². The first-order valence-electron chi connectivity index (χ1n) is 6.35. The number of thiophene rings is 1. The van der Waals surface area contributed by atoms with Gasteiger partial charge in [-0.15, -0.1) is 11.3 Å². The number of amides is 1. The highest BCUT2D eigenvalue weighted by Crippen LogP contribution is 2.21. The second-order valence-electron chi connectivity index (χ2n) is 4.29. The predicted octanol–water partition coefficient (Wildman–Crippen LogP) is 3.72. The van der Waals surface area contributed by atoms with Gasteiger partial charge in [-0.25, -0.2) is 4.98 Å². The summed E-state index contributed by atoms with van der Waals surface area (Å²) in [6.45, 7) is 4.65. The predicted molar refractivity (Wildman–Crippen MR) is 83.6 cm³/mol. The van der Waals surface area contributed by atoms with Crippen molar-refractivity contribution < 1.29 is 4.79 Å². The number of nitrogens with zero attached hydrogens (tertiary/aromatic N) is 1. The minimum atomic E-state index is -0.197. The minimum absolute atomic E-state index is 0.0469. The SMILES string of the molecule is CCNc1cc(C(=O)NC(C)c2cccs2)c(Cl)cn1. The number of nitrogens with one attached hydrogen (secondary N) is 2. The van der Waals surface area contributed by atoms with Gasteiger partial charge in [-0.3, -0.25) is 4.79 Å². The number of rotatable bonds is 5. The Bertz CT molecular complexity index is 586. The molecule has 0 radical (unpaired) electrons. The summed E-state index contributed by atoms with van der Waals surface area (Å²) in [5, 5.41) is 8.34. The van der Waals surface area contributed by atoms with Crippen LogP contribution in [0.4, 0.5) is 5.82 Å². The number of hydrogen-bond donors (Lipinski definition) is 2. The fraction of sp³-hybridized carbons (Fsp3) is 0.286. The maximum Gasteiger partial charge on any atom is 0.253 e. The lowest BCUT2D eigenvalue weighted by Crippen LogP contribution is -2.26. The molecule has 1 unspecified atom stereocenters. The summed E-state index contributed by atoms with van der Waals surface area (Å²) in [4.78, 5) is 17.5. The molecule has 0 aliphatic carbocycles. The average Bonchev–Trinajstić information content (AvgIpc) is 2.95. The molecule has 6 heteroatoms. The fourth-order valence-corrected chi connectivity index (χ4v) is 2.70. The van der Waals surface area contributed by atoms with Crippen LogP contribution in [-0.2, 0) is 0 Å². The van der Waals surface area contributed by atoms with Gasteiger partial charge >= 0.3 is 0 Å². The van der Waals surface area contributed by atoms with E-state index in [0.717, 1.165) is 11.4 Å². The maximum atomic E-state index is 12.3. The number of carbonyl (C=O) groups excluding carboxylic acids is 1. The monoisotopic (exact) mass is 309 g/mol. The van der Waals surface area contributed by atoms with E-state index in [1.165, 1.54) is 6.20 Å². The van der Waals surface area contributed by atoms with E-state index in [1.807, 2.05) is 31.4 Å². The Morgan fingerprint density at radius 3 is 3.00 bits per heavy atom. The second kappa shape index (κ2) is 6.72. The molecule has 2 heterocycles. The quantitative estimate of drug-likeness (QED) is 0.885. The van der Waals surface area contributed by atoms with Crippen molar-refractivity contribution >= 4 is 34.7 Å². The second-order valence-corrected chi connectivity index (χ2v) is 5.68. The van der Waals surface area contributed by atoms with E-state index in [9.17, 15) is 4.79 Å². The van der Waals surface area contributed by atoms with Crippen molar-refractivity contribution in [2.75, 3.05) is 11.9 Å². The third kappa shape index (κ3) is 3.49. The van der Waals surface area contributed by atoms with Gasteiger partial charge in [0.25, 0.3) is 5.91 Å². The first-order valence-corrected chi connectivity index (χ1v) is 7.61. The van der Waals surface area contributed by atoms with Gasteiger partial charge in [0.2, 0.25) is 0 Å². The molecule has 0 aliphatic heterocycles. The Morgan fingerprint density at radius 2 is 2.35 bits per heavy atom. The Kier molecular flexibility index (Phi) is 4.98. The third-order valence-corrected chi connectivity index (χ3v) is 4.13. The van der Waals surface area contributed by atoms with Crippen molar-refractivity contribution in [3.05, 3.63) is 45.2 Å². The van der Waals surface area contributed by atoms with Crippen LogP contribution in [0.3, 0.4) is 0 Å². The number of hydrogen-bond acceptors (Lipinski definition) is 4. The van der Waals surface area contributed by atoms with Crippen LogP contribution >= 0.6 is 22.9 Å². The molecule has 0 spiro atoms. The number of halogens is 1. The van der Waals surface area contributed by atoms with E-state index in [4.69, 9.17) is 11.6 Å². The van der Waals surface area contributed by atoms with Gasteiger partial charge in [-0.05, 0) is 31.4 Å². The van der Waals surface area contributed by atoms with Crippen molar-refractivity contribution in [3.63, 3.8) is 0 Å². The third-order valence-electron chi connectivity index (χ3n) is 2.78. The van der Waals surface area contributed by atoms with E-state index < -0.39 is 0 Å².